The summed E-state index contributed by atoms with van der Waals surface area (Å²) in [6, 6.07) is 21.9. The Morgan fingerprint density at radius 3 is 2.44 bits per heavy atom. The maximum absolute atomic E-state index is 13.3. The minimum atomic E-state index is -0.349. The number of carbonyl (C=O) groups is 1. The van der Waals surface area contributed by atoms with E-state index in [0.717, 1.165) is 46.9 Å². The topological polar surface area (TPSA) is 66.6 Å². The van der Waals surface area contributed by atoms with E-state index < -0.39 is 0 Å². The standard InChI is InChI=1S/C28H25FN6O/c1-19-7-9-20(10-8-19)25-31-32-26-23-5-2-3-6-24(23)30-28(35(25)26)34-16-4-15-33(17-18-34)27(36)21-11-13-22(29)14-12-21/h2-3,5-14H,4,15-18H2,1H3. The zero-order valence-electron chi connectivity index (χ0n) is 19.9. The fourth-order valence-electron chi connectivity index (χ4n) is 4.76. The van der Waals surface area contributed by atoms with E-state index in [0.29, 0.717) is 25.2 Å². The van der Waals surface area contributed by atoms with Crippen LogP contribution in [0.15, 0.2) is 72.8 Å². The summed E-state index contributed by atoms with van der Waals surface area (Å²) in [5.41, 5.74) is 4.25. The average Bonchev–Trinajstić information content (AvgIpc) is 3.20. The van der Waals surface area contributed by atoms with Gasteiger partial charge < -0.3 is 9.80 Å². The van der Waals surface area contributed by atoms with Gasteiger partial charge in [0.05, 0.1) is 5.52 Å². The van der Waals surface area contributed by atoms with Gasteiger partial charge >= 0.3 is 0 Å². The lowest BCUT2D eigenvalue weighted by Gasteiger charge is -2.24. The Balaban J connectivity index is 1.39. The zero-order chi connectivity index (χ0) is 24.6. The van der Waals surface area contributed by atoms with E-state index in [2.05, 4.69) is 46.3 Å². The number of amides is 1. The molecule has 0 radical (unpaired) electrons. The molecular formula is C28H25FN6O. The van der Waals surface area contributed by atoms with Crippen LogP contribution in [0.1, 0.15) is 22.3 Å². The van der Waals surface area contributed by atoms with Crippen molar-refractivity contribution in [3.8, 4) is 11.4 Å². The fraction of sp³-hybridized carbons (Fsp3) is 0.214. The molecule has 2 aromatic heterocycles. The zero-order valence-corrected chi connectivity index (χ0v) is 19.9. The highest BCUT2D eigenvalue weighted by molar-refractivity contribution is 5.94. The number of fused-ring (bicyclic) bond motifs is 3. The molecule has 3 heterocycles. The van der Waals surface area contributed by atoms with Crippen LogP contribution in [0, 0.1) is 12.7 Å². The number of rotatable bonds is 3. The normalized spacial score (nSPS) is 14.4. The molecule has 180 valence electrons. The van der Waals surface area contributed by atoms with Crippen LogP contribution in [0.25, 0.3) is 27.9 Å². The molecule has 1 amide bonds. The third-order valence-corrected chi connectivity index (χ3v) is 6.70. The summed E-state index contributed by atoms with van der Waals surface area (Å²) >= 11 is 0. The first-order chi connectivity index (χ1) is 17.6. The molecule has 1 aliphatic heterocycles. The van der Waals surface area contributed by atoms with Gasteiger partial charge in [0.15, 0.2) is 11.5 Å². The lowest BCUT2D eigenvalue weighted by Crippen LogP contribution is -2.36. The van der Waals surface area contributed by atoms with E-state index in [1.165, 1.54) is 17.7 Å². The molecule has 1 aliphatic rings. The van der Waals surface area contributed by atoms with Gasteiger partial charge in [0.1, 0.15) is 5.82 Å². The molecule has 0 bridgehead atoms. The molecule has 0 aliphatic carbocycles. The largest absolute Gasteiger partial charge is 0.340 e. The maximum Gasteiger partial charge on any atom is 0.253 e. The van der Waals surface area contributed by atoms with Gasteiger partial charge in [0, 0.05) is 42.7 Å². The Hall–Kier alpha value is -4.33. The van der Waals surface area contributed by atoms with Crippen LogP contribution in [0.2, 0.25) is 0 Å². The Labute approximate surface area is 207 Å². The molecule has 6 rings (SSSR count). The number of nitrogens with zero attached hydrogens (tertiary/aromatic N) is 6. The Kier molecular flexibility index (Phi) is 5.56. The van der Waals surface area contributed by atoms with Gasteiger partial charge in [0.25, 0.3) is 5.91 Å². The van der Waals surface area contributed by atoms with E-state index in [4.69, 9.17) is 4.98 Å². The monoisotopic (exact) mass is 480 g/mol. The summed E-state index contributed by atoms with van der Waals surface area (Å²) in [6.07, 6.45) is 0.783. The molecule has 1 fully saturated rings. The summed E-state index contributed by atoms with van der Waals surface area (Å²) in [6.45, 7) is 4.56. The van der Waals surface area contributed by atoms with Crippen molar-refractivity contribution in [2.45, 2.75) is 13.3 Å². The van der Waals surface area contributed by atoms with Crippen molar-refractivity contribution in [3.05, 3.63) is 89.7 Å². The van der Waals surface area contributed by atoms with Gasteiger partial charge in [-0.1, -0.05) is 42.0 Å². The van der Waals surface area contributed by atoms with E-state index >= 15 is 0 Å². The number of carbonyl (C=O) groups excluding carboxylic acids is 1. The number of anilines is 1. The lowest BCUT2D eigenvalue weighted by molar-refractivity contribution is 0.0767. The minimum absolute atomic E-state index is 0.0851. The summed E-state index contributed by atoms with van der Waals surface area (Å²) in [4.78, 5) is 22.1. The number of para-hydroxylation sites is 1. The molecule has 3 aromatic carbocycles. The average molecular weight is 481 g/mol. The molecule has 0 spiro atoms. The molecular weight excluding hydrogens is 455 g/mol. The highest BCUT2D eigenvalue weighted by atomic mass is 19.1. The number of benzene rings is 3. The molecule has 1 saturated heterocycles. The first-order valence-electron chi connectivity index (χ1n) is 12.1. The van der Waals surface area contributed by atoms with E-state index in [1.807, 2.05) is 33.6 Å². The minimum Gasteiger partial charge on any atom is -0.340 e. The van der Waals surface area contributed by atoms with Crippen LogP contribution >= 0.6 is 0 Å². The van der Waals surface area contributed by atoms with Gasteiger partial charge in [-0.2, -0.15) is 0 Å². The number of aromatic nitrogens is 4. The second-order valence-corrected chi connectivity index (χ2v) is 9.12. The summed E-state index contributed by atoms with van der Waals surface area (Å²) < 4.78 is 15.4. The molecule has 36 heavy (non-hydrogen) atoms. The van der Waals surface area contributed by atoms with Crippen LogP contribution in [0.4, 0.5) is 10.3 Å². The van der Waals surface area contributed by atoms with Gasteiger partial charge in [-0.25, -0.2) is 13.8 Å². The Morgan fingerprint density at radius 1 is 0.861 bits per heavy atom. The number of halogens is 1. The van der Waals surface area contributed by atoms with Gasteiger partial charge in [0.2, 0.25) is 5.95 Å². The highest BCUT2D eigenvalue weighted by Gasteiger charge is 2.25. The molecule has 0 atom stereocenters. The van der Waals surface area contributed by atoms with Gasteiger partial charge in [-0.05, 0) is 49.7 Å². The van der Waals surface area contributed by atoms with Crippen LogP contribution < -0.4 is 4.90 Å². The number of hydrogen-bond acceptors (Lipinski definition) is 5. The smallest absolute Gasteiger partial charge is 0.253 e. The molecule has 0 saturated carbocycles. The van der Waals surface area contributed by atoms with Crippen LogP contribution in [0.5, 0.6) is 0 Å². The van der Waals surface area contributed by atoms with Crippen molar-refractivity contribution in [1.29, 1.82) is 0 Å². The number of aryl methyl sites for hydroxylation is 1. The van der Waals surface area contributed by atoms with Crippen molar-refractivity contribution in [1.82, 2.24) is 24.5 Å². The van der Waals surface area contributed by atoms with Crippen LogP contribution in [-0.2, 0) is 0 Å². The fourth-order valence-corrected chi connectivity index (χ4v) is 4.76. The molecule has 0 unspecified atom stereocenters. The van der Waals surface area contributed by atoms with E-state index in [1.54, 1.807) is 12.1 Å². The number of hydrogen-bond donors (Lipinski definition) is 0. The predicted molar refractivity (Wildman–Crippen MR) is 138 cm³/mol. The summed E-state index contributed by atoms with van der Waals surface area (Å²) in [5.74, 6) is 1.07. The predicted octanol–water partition coefficient (Wildman–Crippen LogP) is 4.74. The quantitative estimate of drug-likeness (QED) is 0.373. The van der Waals surface area contributed by atoms with Gasteiger partial charge in [-0.15, -0.1) is 10.2 Å². The lowest BCUT2D eigenvalue weighted by atomic mass is 10.1. The van der Waals surface area contributed by atoms with Crippen molar-refractivity contribution in [2.75, 3.05) is 31.1 Å². The Bertz CT molecular complexity index is 1560. The second-order valence-electron chi connectivity index (χ2n) is 9.12. The van der Waals surface area contributed by atoms with Crippen molar-refractivity contribution in [3.63, 3.8) is 0 Å². The third kappa shape index (κ3) is 3.94. The SMILES string of the molecule is Cc1ccc(-c2nnc3c4ccccc4nc(N4CCCN(C(=O)c5ccc(F)cc5)CC4)n23)cc1. The first-order valence-corrected chi connectivity index (χ1v) is 12.1. The first kappa shape index (κ1) is 22.2. The molecule has 7 nitrogen and oxygen atoms in total. The third-order valence-electron chi connectivity index (χ3n) is 6.70. The summed E-state index contributed by atoms with van der Waals surface area (Å²) in [7, 11) is 0. The van der Waals surface area contributed by atoms with Crippen molar-refractivity contribution < 1.29 is 9.18 Å². The Morgan fingerprint density at radius 2 is 1.64 bits per heavy atom. The second kappa shape index (κ2) is 9.03. The molecule has 0 N–H and O–H groups in total. The van der Waals surface area contributed by atoms with Gasteiger partial charge in [-0.3, -0.25) is 4.79 Å². The highest BCUT2D eigenvalue weighted by Crippen LogP contribution is 2.29. The molecule has 8 heteroatoms. The van der Waals surface area contributed by atoms with E-state index in [9.17, 15) is 9.18 Å². The van der Waals surface area contributed by atoms with Crippen LogP contribution in [-0.4, -0.2) is 56.6 Å². The summed E-state index contributed by atoms with van der Waals surface area (Å²) in [5, 5.41) is 10.1. The van der Waals surface area contributed by atoms with Crippen LogP contribution in [0.3, 0.4) is 0 Å². The van der Waals surface area contributed by atoms with Crippen molar-refractivity contribution in [2.24, 2.45) is 0 Å². The molecule has 5 aromatic rings. The van der Waals surface area contributed by atoms with E-state index in [-0.39, 0.29) is 11.7 Å². The van der Waals surface area contributed by atoms with Crippen molar-refractivity contribution >= 4 is 28.4 Å². The maximum atomic E-state index is 13.3.